The van der Waals surface area contributed by atoms with Gasteiger partial charge in [0.2, 0.25) is 11.8 Å². The first kappa shape index (κ1) is 16.2. The van der Waals surface area contributed by atoms with Crippen molar-refractivity contribution in [3.63, 3.8) is 0 Å². The van der Waals surface area contributed by atoms with Crippen LogP contribution in [0.5, 0.6) is 0 Å². The number of nitrogens with zero attached hydrogens (tertiary/aromatic N) is 1. The molecule has 3 rings (SSSR count). The SMILES string of the molecule is Cc1ccc(CNC(=O)C2CC(=O)N(c3cccc(Br)c3)C2)s1. The van der Waals surface area contributed by atoms with Crippen molar-refractivity contribution in [2.75, 3.05) is 11.4 Å². The molecule has 0 radical (unpaired) electrons. The largest absolute Gasteiger partial charge is 0.351 e. The summed E-state index contributed by atoms with van der Waals surface area (Å²) in [5, 5.41) is 2.94. The highest BCUT2D eigenvalue weighted by atomic mass is 79.9. The second-order valence-corrected chi connectivity index (χ2v) is 7.90. The van der Waals surface area contributed by atoms with Gasteiger partial charge in [-0.05, 0) is 37.3 Å². The molecule has 4 nitrogen and oxygen atoms in total. The molecule has 1 aromatic heterocycles. The van der Waals surface area contributed by atoms with E-state index in [-0.39, 0.29) is 24.2 Å². The Kier molecular flexibility index (Phi) is 4.82. The molecule has 0 aliphatic carbocycles. The second-order valence-electron chi connectivity index (χ2n) is 5.62. The van der Waals surface area contributed by atoms with E-state index in [0.717, 1.165) is 15.0 Å². The number of halogens is 1. The number of aryl methyl sites for hydroxylation is 1. The summed E-state index contributed by atoms with van der Waals surface area (Å²) in [7, 11) is 0. The van der Waals surface area contributed by atoms with Crippen molar-refractivity contribution in [2.45, 2.75) is 19.9 Å². The summed E-state index contributed by atoms with van der Waals surface area (Å²) >= 11 is 5.08. The van der Waals surface area contributed by atoms with Gasteiger partial charge >= 0.3 is 0 Å². The quantitative estimate of drug-likeness (QED) is 0.865. The van der Waals surface area contributed by atoms with Crippen LogP contribution in [0.1, 0.15) is 16.2 Å². The fraction of sp³-hybridized carbons (Fsp3) is 0.294. The van der Waals surface area contributed by atoms with Gasteiger partial charge in [-0.2, -0.15) is 0 Å². The monoisotopic (exact) mass is 392 g/mol. The molecule has 0 saturated carbocycles. The second kappa shape index (κ2) is 6.84. The molecular weight excluding hydrogens is 376 g/mol. The number of anilines is 1. The molecule has 1 aliphatic heterocycles. The molecule has 120 valence electrons. The van der Waals surface area contributed by atoms with Crippen LogP contribution in [-0.4, -0.2) is 18.4 Å². The zero-order valence-corrected chi connectivity index (χ0v) is 15.1. The zero-order valence-electron chi connectivity index (χ0n) is 12.7. The number of hydrogen-bond donors (Lipinski definition) is 1. The van der Waals surface area contributed by atoms with E-state index in [1.54, 1.807) is 16.2 Å². The van der Waals surface area contributed by atoms with Gasteiger partial charge in [0, 0.05) is 32.9 Å². The molecule has 6 heteroatoms. The third kappa shape index (κ3) is 3.82. The number of amides is 2. The van der Waals surface area contributed by atoms with E-state index in [0.29, 0.717) is 13.1 Å². The molecular formula is C17H17BrN2O2S. The van der Waals surface area contributed by atoms with Crippen molar-refractivity contribution in [2.24, 2.45) is 5.92 Å². The van der Waals surface area contributed by atoms with Crippen molar-refractivity contribution in [1.29, 1.82) is 0 Å². The highest BCUT2D eigenvalue weighted by molar-refractivity contribution is 9.10. The molecule has 23 heavy (non-hydrogen) atoms. The minimum atomic E-state index is -0.289. The van der Waals surface area contributed by atoms with E-state index < -0.39 is 0 Å². The van der Waals surface area contributed by atoms with E-state index >= 15 is 0 Å². The molecule has 1 fully saturated rings. The van der Waals surface area contributed by atoms with E-state index in [2.05, 4.69) is 21.2 Å². The first-order valence-corrected chi connectivity index (χ1v) is 9.03. The van der Waals surface area contributed by atoms with Crippen molar-refractivity contribution in [3.8, 4) is 0 Å². The van der Waals surface area contributed by atoms with Gasteiger partial charge in [-0.1, -0.05) is 22.0 Å². The highest BCUT2D eigenvalue weighted by Gasteiger charge is 2.35. The van der Waals surface area contributed by atoms with E-state index in [4.69, 9.17) is 0 Å². The van der Waals surface area contributed by atoms with Gasteiger partial charge in [0.25, 0.3) is 0 Å². The number of thiophene rings is 1. The first-order chi connectivity index (χ1) is 11.0. The maximum atomic E-state index is 12.3. The molecule has 1 saturated heterocycles. The average Bonchev–Trinajstić information content (AvgIpc) is 3.11. The van der Waals surface area contributed by atoms with Crippen LogP contribution >= 0.6 is 27.3 Å². The molecule has 2 amide bonds. The normalized spacial score (nSPS) is 17.6. The maximum Gasteiger partial charge on any atom is 0.227 e. The third-order valence-electron chi connectivity index (χ3n) is 3.85. The minimum Gasteiger partial charge on any atom is -0.351 e. The predicted octanol–water partition coefficient (Wildman–Crippen LogP) is 3.49. The van der Waals surface area contributed by atoms with Gasteiger partial charge in [-0.15, -0.1) is 11.3 Å². The van der Waals surface area contributed by atoms with Crippen LogP contribution in [0.4, 0.5) is 5.69 Å². The molecule has 0 bridgehead atoms. The fourth-order valence-electron chi connectivity index (χ4n) is 2.68. The first-order valence-electron chi connectivity index (χ1n) is 7.42. The summed E-state index contributed by atoms with van der Waals surface area (Å²) in [5.74, 6) is -0.348. The average molecular weight is 393 g/mol. The molecule has 2 aromatic rings. The lowest BCUT2D eigenvalue weighted by molar-refractivity contribution is -0.126. The van der Waals surface area contributed by atoms with Crippen LogP contribution in [0.2, 0.25) is 0 Å². The van der Waals surface area contributed by atoms with Crippen LogP contribution in [0.25, 0.3) is 0 Å². The van der Waals surface area contributed by atoms with Crippen molar-refractivity contribution in [3.05, 3.63) is 50.6 Å². The Labute approximate surface area is 147 Å². The maximum absolute atomic E-state index is 12.3. The number of rotatable bonds is 4. The van der Waals surface area contributed by atoms with E-state index in [1.807, 2.05) is 43.3 Å². The van der Waals surface area contributed by atoms with E-state index in [1.165, 1.54) is 4.88 Å². The van der Waals surface area contributed by atoms with Gasteiger partial charge in [-0.25, -0.2) is 0 Å². The summed E-state index contributed by atoms with van der Waals surface area (Å²) in [6.45, 7) is 3.00. The topological polar surface area (TPSA) is 49.4 Å². The lowest BCUT2D eigenvalue weighted by Crippen LogP contribution is -2.32. The zero-order chi connectivity index (χ0) is 16.4. The predicted molar refractivity (Wildman–Crippen MR) is 95.5 cm³/mol. The smallest absolute Gasteiger partial charge is 0.227 e. The van der Waals surface area contributed by atoms with Gasteiger partial charge in [0.15, 0.2) is 0 Å². The fourth-order valence-corrected chi connectivity index (χ4v) is 3.89. The van der Waals surface area contributed by atoms with Crippen LogP contribution in [0.3, 0.4) is 0 Å². The number of carbonyl (C=O) groups is 2. The molecule has 1 N–H and O–H groups in total. The highest BCUT2D eigenvalue weighted by Crippen LogP contribution is 2.27. The van der Waals surface area contributed by atoms with Gasteiger partial charge < -0.3 is 10.2 Å². The van der Waals surface area contributed by atoms with Gasteiger partial charge in [0.05, 0.1) is 12.5 Å². The molecule has 1 unspecified atom stereocenters. The Hall–Kier alpha value is -1.66. The Balaban J connectivity index is 1.61. The summed E-state index contributed by atoms with van der Waals surface area (Å²) in [4.78, 5) is 28.6. The number of hydrogen-bond acceptors (Lipinski definition) is 3. The minimum absolute atomic E-state index is 0.00443. The summed E-state index contributed by atoms with van der Waals surface area (Å²) in [6, 6.07) is 11.6. The summed E-state index contributed by atoms with van der Waals surface area (Å²) in [6.07, 6.45) is 0.266. The molecule has 1 atom stereocenters. The molecule has 1 aromatic carbocycles. The number of benzene rings is 1. The Bertz CT molecular complexity index is 744. The van der Waals surface area contributed by atoms with Crippen molar-refractivity contribution < 1.29 is 9.59 Å². The van der Waals surface area contributed by atoms with Crippen molar-refractivity contribution >= 4 is 44.8 Å². The number of carbonyl (C=O) groups excluding carboxylic acids is 2. The Morgan fingerprint density at radius 3 is 2.91 bits per heavy atom. The van der Waals surface area contributed by atoms with Crippen LogP contribution in [-0.2, 0) is 16.1 Å². The lowest BCUT2D eigenvalue weighted by atomic mass is 10.1. The van der Waals surface area contributed by atoms with Crippen molar-refractivity contribution in [1.82, 2.24) is 5.32 Å². The van der Waals surface area contributed by atoms with Crippen LogP contribution < -0.4 is 10.2 Å². The summed E-state index contributed by atoms with van der Waals surface area (Å²) in [5.41, 5.74) is 0.827. The van der Waals surface area contributed by atoms with E-state index in [9.17, 15) is 9.59 Å². The van der Waals surface area contributed by atoms with Crippen LogP contribution in [0.15, 0.2) is 40.9 Å². The Morgan fingerprint density at radius 1 is 1.39 bits per heavy atom. The molecule has 1 aliphatic rings. The lowest BCUT2D eigenvalue weighted by Gasteiger charge is -2.17. The summed E-state index contributed by atoms with van der Waals surface area (Å²) < 4.78 is 0.920. The third-order valence-corrected chi connectivity index (χ3v) is 5.34. The van der Waals surface area contributed by atoms with Crippen LogP contribution in [0, 0.1) is 12.8 Å². The number of nitrogens with one attached hydrogen (secondary N) is 1. The molecule has 2 heterocycles. The standard InChI is InChI=1S/C17H17BrN2O2S/c1-11-5-6-15(23-11)9-19-17(22)12-7-16(21)20(10-12)14-4-2-3-13(18)8-14/h2-6,8,12H,7,9-10H2,1H3,(H,19,22). The molecule has 0 spiro atoms. The van der Waals surface area contributed by atoms with Gasteiger partial charge in [0.1, 0.15) is 0 Å². The van der Waals surface area contributed by atoms with Gasteiger partial charge in [-0.3, -0.25) is 9.59 Å². The Morgan fingerprint density at radius 2 is 2.22 bits per heavy atom.